The fourth-order valence-electron chi connectivity index (χ4n) is 2.89. The molecule has 1 fully saturated rings. The van der Waals surface area contributed by atoms with Crippen LogP contribution in [-0.2, 0) is 12.8 Å². The lowest BCUT2D eigenvalue weighted by atomic mass is 10.2. The quantitative estimate of drug-likeness (QED) is 0.373. The predicted octanol–water partition coefficient (Wildman–Crippen LogP) is 2.44. The number of hydrogen-bond donors (Lipinski definition) is 1. The molecule has 0 amide bonds. The minimum atomic E-state index is 0. The Morgan fingerprint density at radius 3 is 2.70 bits per heavy atom. The van der Waals surface area contributed by atoms with Crippen LogP contribution in [-0.4, -0.2) is 64.5 Å². The van der Waals surface area contributed by atoms with Crippen molar-refractivity contribution in [2.45, 2.75) is 26.7 Å². The SMILES string of the molecule is CCNC(=NCCc1cccnc1)N1CCN(c2nc(CC)ns2)CC1.I. The lowest BCUT2D eigenvalue weighted by Gasteiger charge is -2.36. The highest BCUT2D eigenvalue weighted by atomic mass is 127. The smallest absolute Gasteiger partial charge is 0.205 e. The van der Waals surface area contributed by atoms with Crippen molar-refractivity contribution in [3.05, 3.63) is 35.9 Å². The number of aromatic nitrogens is 3. The second-order valence-electron chi connectivity index (χ2n) is 6.17. The Balaban J connectivity index is 0.00000261. The van der Waals surface area contributed by atoms with E-state index in [0.29, 0.717) is 0 Å². The molecule has 0 bridgehead atoms. The summed E-state index contributed by atoms with van der Waals surface area (Å²) in [4.78, 5) is 18.2. The maximum absolute atomic E-state index is 4.81. The van der Waals surface area contributed by atoms with Crippen molar-refractivity contribution in [3.8, 4) is 0 Å². The maximum Gasteiger partial charge on any atom is 0.205 e. The third-order valence-electron chi connectivity index (χ3n) is 4.34. The molecule has 0 atom stereocenters. The summed E-state index contributed by atoms with van der Waals surface area (Å²) in [7, 11) is 0. The van der Waals surface area contributed by atoms with Crippen molar-refractivity contribution in [1.29, 1.82) is 0 Å². The topological polar surface area (TPSA) is 69.5 Å². The number of piperazine rings is 1. The Hall–Kier alpha value is -1.49. The Bertz CT molecular complexity index is 699. The Morgan fingerprint density at radius 1 is 1.26 bits per heavy atom. The number of nitrogens with one attached hydrogen (secondary N) is 1. The van der Waals surface area contributed by atoms with Crippen molar-refractivity contribution in [2.75, 3.05) is 44.2 Å². The van der Waals surface area contributed by atoms with Gasteiger partial charge in [0.05, 0.1) is 0 Å². The van der Waals surface area contributed by atoms with Gasteiger partial charge in [-0.15, -0.1) is 24.0 Å². The van der Waals surface area contributed by atoms with Crippen LogP contribution in [0, 0.1) is 0 Å². The molecule has 27 heavy (non-hydrogen) atoms. The molecule has 2 aromatic rings. The second-order valence-corrected chi connectivity index (χ2v) is 6.90. The molecule has 0 spiro atoms. The van der Waals surface area contributed by atoms with Crippen molar-refractivity contribution >= 4 is 46.6 Å². The van der Waals surface area contributed by atoms with Crippen LogP contribution in [0.4, 0.5) is 5.13 Å². The molecule has 0 aliphatic carbocycles. The van der Waals surface area contributed by atoms with Crippen molar-refractivity contribution in [1.82, 2.24) is 24.6 Å². The summed E-state index contributed by atoms with van der Waals surface area (Å²) in [5.41, 5.74) is 1.22. The van der Waals surface area contributed by atoms with Crippen LogP contribution < -0.4 is 10.2 Å². The maximum atomic E-state index is 4.81. The third-order valence-corrected chi connectivity index (χ3v) is 5.16. The molecule has 1 saturated heterocycles. The van der Waals surface area contributed by atoms with Gasteiger partial charge in [0, 0.05) is 69.6 Å². The molecule has 7 nitrogen and oxygen atoms in total. The number of nitrogens with zero attached hydrogens (tertiary/aromatic N) is 6. The number of anilines is 1. The third kappa shape index (κ3) is 6.27. The number of halogens is 1. The predicted molar refractivity (Wildman–Crippen MR) is 122 cm³/mol. The molecule has 9 heteroatoms. The van der Waals surface area contributed by atoms with Crippen LogP contribution in [0.5, 0.6) is 0 Å². The monoisotopic (exact) mass is 501 g/mol. The Morgan fingerprint density at radius 2 is 2.07 bits per heavy atom. The van der Waals surface area contributed by atoms with Gasteiger partial charge in [0.2, 0.25) is 5.13 Å². The van der Waals surface area contributed by atoms with Gasteiger partial charge in [-0.1, -0.05) is 13.0 Å². The number of rotatable bonds is 6. The number of aliphatic imine (C=N–C) groups is 1. The first-order valence-electron chi connectivity index (χ1n) is 9.29. The van der Waals surface area contributed by atoms with Gasteiger partial charge in [-0.2, -0.15) is 4.37 Å². The minimum absolute atomic E-state index is 0. The van der Waals surface area contributed by atoms with E-state index in [4.69, 9.17) is 4.99 Å². The molecule has 3 rings (SSSR count). The first-order valence-corrected chi connectivity index (χ1v) is 10.1. The van der Waals surface area contributed by atoms with Gasteiger partial charge in [-0.25, -0.2) is 4.98 Å². The zero-order valence-corrected chi connectivity index (χ0v) is 19.1. The molecular weight excluding hydrogens is 473 g/mol. The van der Waals surface area contributed by atoms with E-state index < -0.39 is 0 Å². The van der Waals surface area contributed by atoms with Crippen LogP contribution in [0.1, 0.15) is 25.2 Å². The fraction of sp³-hybridized carbons (Fsp3) is 0.556. The van der Waals surface area contributed by atoms with Gasteiger partial charge in [0.15, 0.2) is 5.96 Å². The largest absolute Gasteiger partial charge is 0.357 e. The van der Waals surface area contributed by atoms with E-state index in [1.54, 1.807) is 6.20 Å². The summed E-state index contributed by atoms with van der Waals surface area (Å²) in [5.74, 6) is 1.94. The fourth-order valence-corrected chi connectivity index (χ4v) is 3.69. The standard InChI is InChI=1S/C18H27N7S.HI/c1-3-16-22-18(26-23-16)25-12-10-24(11-13-25)17(20-4-2)21-9-7-15-6-5-8-19-14-15;/h5-6,8,14H,3-4,7,9-13H2,1-2H3,(H,20,21);1H. The highest BCUT2D eigenvalue weighted by Gasteiger charge is 2.21. The van der Waals surface area contributed by atoms with Gasteiger partial charge >= 0.3 is 0 Å². The van der Waals surface area contributed by atoms with Crippen LogP contribution >= 0.6 is 35.5 Å². The summed E-state index contributed by atoms with van der Waals surface area (Å²) in [6.45, 7) is 9.64. The van der Waals surface area contributed by atoms with E-state index in [-0.39, 0.29) is 24.0 Å². The molecule has 0 radical (unpaired) electrons. The first kappa shape index (κ1) is 21.8. The molecule has 148 valence electrons. The average molecular weight is 501 g/mol. The summed E-state index contributed by atoms with van der Waals surface area (Å²) >= 11 is 1.51. The summed E-state index contributed by atoms with van der Waals surface area (Å²) in [6, 6.07) is 4.07. The molecule has 3 heterocycles. The van der Waals surface area contributed by atoms with Crippen LogP contribution in [0.3, 0.4) is 0 Å². The normalized spacial score (nSPS) is 14.8. The van der Waals surface area contributed by atoms with Crippen LogP contribution in [0.25, 0.3) is 0 Å². The minimum Gasteiger partial charge on any atom is -0.357 e. The number of guanidine groups is 1. The molecule has 0 unspecified atom stereocenters. The lowest BCUT2D eigenvalue weighted by molar-refractivity contribution is 0.372. The summed E-state index contributed by atoms with van der Waals surface area (Å²) in [6.07, 6.45) is 5.52. The van der Waals surface area contributed by atoms with E-state index in [1.807, 2.05) is 12.3 Å². The highest BCUT2D eigenvalue weighted by Crippen LogP contribution is 2.19. The molecular formula is C18H28IN7S. The molecule has 2 aromatic heterocycles. The zero-order valence-electron chi connectivity index (χ0n) is 16.0. The van der Waals surface area contributed by atoms with Crippen LogP contribution in [0.2, 0.25) is 0 Å². The van der Waals surface area contributed by atoms with Crippen LogP contribution in [0.15, 0.2) is 29.5 Å². The molecule has 0 saturated carbocycles. The first-order chi connectivity index (χ1) is 12.8. The Labute approximate surface area is 182 Å². The molecule has 1 aliphatic heterocycles. The number of hydrogen-bond acceptors (Lipinski definition) is 6. The lowest BCUT2D eigenvalue weighted by Crippen LogP contribution is -2.52. The van der Waals surface area contributed by atoms with Gasteiger partial charge in [0.25, 0.3) is 0 Å². The van der Waals surface area contributed by atoms with Crippen molar-refractivity contribution in [2.24, 2.45) is 4.99 Å². The van der Waals surface area contributed by atoms with E-state index in [2.05, 4.69) is 49.4 Å². The van der Waals surface area contributed by atoms with E-state index >= 15 is 0 Å². The van der Waals surface area contributed by atoms with Gasteiger partial charge in [0.1, 0.15) is 5.82 Å². The summed E-state index contributed by atoms with van der Waals surface area (Å²) in [5, 5.41) is 4.46. The molecule has 1 N–H and O–H groups in total. The number of pyridine rings is 1. The summed E-state index contributed by atoms with van der Waals surface area (Å²) < 4.78 is 4.40. The molecule has 0 aromatic carbocycles. The van der Waals surface area contributed by atoms with Crippen molar-refractivity contribution in [3.63, 3.8) is 0 Å². The average Bonchev–Trinajstić information content (AvgIpc) is 3.18. The van der Waals surface area contributed by atoms with Gasteiger partial charge < -0.3 is 15.1 Å². The van der Waals surface area contributed by atoms with Crippen molar-refractivity contribution < 1.29 is 0 Å². The number of aryl methyl sites for hydroxylation is 1. The zero-order chi connectivity index (χ0) is 18.2. The van der Waals surface area contributed by atoms with Gasteiger partial charge in [-0.05, 0) is 25.0 Å². The van der Waals surface area contributed by atoms with Gasteiger partial charge in [-0.3, -0.25) is 9.98 Å². The van der Waals surface area contributed by atoms with E-state index in [0.717, 1.165) is 69.0 Å². The molecule has 1 aliphatic rings. The van der Waals surface area contributed by atoms with E-state index in [1.165, 1.54) is 17.1 Å². The Kier molecular flexibility index (Phi) is 9.19. The second kappa shape index (κ2) is 11.4. The highest BCUT2D eigenvalue weighted by molar-refractivity contribution is 14.0. The van der Waals surface area contributed by atoms with E-state index in [9.17, 15) is 0 Å².